The summed E-state index contributed by atoms with van der Waals surface area (Å²) in [6.07, 6.45) is 0.399. The molecule has 0 atom stereocenters. The van der Waals surface area contributed by atoms with Gasteiger partial charge < -0.3 is 15.4 Å². The van der Waals surface area contributed by atoms with E-state index in [1.165, 1.54) is 5.56 Å². The standard InChI is InChI=1S/C22H22N2O2/c1-17-7-9-18(10-8-17)23-16-15-22(25)24-19-11-13-21(14-12-19)26-20-5-3-2-4-6-20/h2-14,23H,15-16H2,1H3,(H,24,25). The Balaban J connectivity index is 1.44. The Bertz CT molecular complexity index is 828. The van der Waals surface area contributed by atoms with E-state index in [4.69, 9.17) is 4.74 Å². The fraction of sp³-hybridized carbons (Fsp3) is 0.136. The van der Waals surface area contributed by atoms with Crippen molar-refractivity contribution in [3.63, 3.8) is 0 Å². The molecule has 4 heteroatoms. The molecular formula is C22H22N2O2. The highest BCUT2D eigenvalue weighted by Gasteiger charge is 2.03. The summed E-state index contributed by atoms with van der Waals surface area (Å²) in [6, 6.07) is 25.1. The van der Waals surface area contributed by atoms with E-state index in [1.807, 2.05) is 85.8 Å². The van der Waals surface area contributed by atoms with Crippen molar-refractivity contribution in [2.75, 3.05) is 17.2 Å². The van der Waals surface area contributed by atoms with Crippen molar-refractivity contribution in [2.45, 2.75) is 13.3 Å². The molecule has 0 saturated carbocycles. The molecule has 0 aliphatic heterocycles. The van der Waals surface area contributed by atoms with Crippen LogP contribution in [0.4, 0.5) is 11.4 Å². The highest BCUT2D eigenvalue weighted by molar-refractivity contribution is 5.91. The fourth-order valence-corrected chi connectivity index (χ4v) is 2.45. The second-order valence-corrected chi connectivity index (χ2v) is 6.03. The van der Waals surface area contributed by atoms with Crippen LogP contribution in [0.1, 0.15) is 12.0 Å². The number of hydrogen-bond acceptors (Lipinski definition) is 3. The zero-order valence-corrected chi connectivity index (χ0v) is 14.7. The Hall–Kier alpha value is -3.27. The summed E-state index contributed by atoms with van der Waals surface area (Å²) in [5.41, 5.74) is 2.99. The van der Waals surface area contributed by atoms with E-state index < -0.39 is 0 Å². The van der Waals surface area contributed by atoms with E-state index in [0.29, 0.717) is 13.0 Å². The smallest absolute Gasteiger partial charge is 0.226 e. The number of carbonyl (C=O) groups is 1. The lowest BCUT2D eigenvalue weighted by molar-refractivity contribution is -0.115. The van der Waals surface area contributed by atoms with Gasteiger partial charge in [0.15, 0.2) is 0 Å². The van der Waals surface area contributed by atoms with Gasteiger partial charge >= 0.3 is 0 Å². The van der Waals surface area contributed by atoms with E-state index in [1.54, 1.807) is 0 Å². The number of rotatable bonds is 7. The van der Waals surface area contributed by atoms with Gasteiger partial charge in [-0.1, -0.05) is 35.9 Å². The predicted octanol–water partition coefficient (Wildman–Crippen LogP) is 5.23. The summed E-state index contributed by atoms with van der Waals surface area (Å²) >= 11 is 0. The quantitative estimate of drug-likeness (QED) is 0.616. The molecule has 0 aliphatic rings. The molecule has 26 heavy (non-hydrogen) atoms. The molecule has 0 unspecified atom stereocenters. The monoisotopic (exact) mass is 346 g/mol. The minimum Gasteiger partial charge on any atom is -0.457 e. The number of amides is 1. The number of nitrogens with one attached hydrogen (secondary N) is 2. The van der Waals surface area contributed by atoms with Gasteiger partial charge in [0.2, 0.25) is 5.91 Å². The average Bonchev–Trinajstić information content (AvgIpc) is 2.66. The number of ether oxygens (including phenoxy) is 1. The molecule has 0 bridgehead atoms. The highest BCUT2D eigenvalue weighted by atomic mass is 16.5. The minimum absolute atomic E-state index is 0.0265. The fourth-order valence-electron chi connectivity index (χ4n) is 2.45. The Morgan fingerprint density at radius 3 is 2.12 bits per heavy atom. The van der Waals surface area contributed by atoms with Gasteiger partial charge in [-0.15, -0.1) is 0 Å². The van der Waals surface area contributed by atoms with Gasteiger partial charge in [-0.2, -0.15) is 0 Å². The number of para-hydroxylation sites is 1. The Morgan fingerprint density at radius 2 is 1.42 bits per heavy atom. The van der Waals surface area contributed by atoms with Gasteiger partial charge in [-0.05, 0) is 55.5 Å². The highest BCUT2D eigenvalue weighted by Crippen LogP contribution is 2.22. The Morgan fingerprint density at radius 1 is 0.808 bits per heavy atom. The summed E-state index contributed by atoms with van der Waals surface area (Å²) in [6.45, 7) is 2.64. The van der Waals surface area contributed by atoms with Crippen LogP contribution < -0.4 is 15.4 Å². The van der Waals surface area contributed by atoms with Crippen molar-refractivity contribution in [2.24, 2.45) is 0 Å². The van der Waals surface area contributed by atoms with E-state index >= 15 is 0 Å². The largest absolute Gasteiger partial charge is 0.457 e. The zero-order chi connectivity index (χ0) is 18.2. The molecule has 0 aliphatic carbocycles. The minimum atomic E-state index is -0.0265. The van der Waals surface area contributed by atoms with Crippen LogP contribution in [0.15, 0.2) is 78.9 Å². The van der Waals surface area contributed by atoms with Crippen LogP contribution in [0.25, 0.3) is 0 Å². The summed E-state index contributed by atoms with van der Waals surface area (Å²) in [5, 5.41) is 6.14. The van der Waals surface area contributed by atoms with Gasteiger partial charge in [-0.25, -0.2) is 0 Å². The predicted molar refractivity (Wildman–Crippen MR) is 106 cm³/mol. The molecule has 0 aromatic heterocycles. The SMILES string of the molecule is Cc1ccc(NCCC(=O)Nc2ccc(Oc3ccccc3)cc2)cc1. The molecule has 0 heterocycles. The third-order valence-corrected chi connectivity index (χ3v) is 3.85. The maximum atomic E-state index is 12.1. The van der Waals surface area contributed by atoms with Gasteiger partial charge in [0, 0.05) is 24.3 Å². The molecular weight excluding hydrogens is 324 g/mol. The summed E-state index contributed by atoms with van der Waals surface area (Å²) in [5.74, 6) is 1.49. The normalized spacial score (nSPS) is 10.2. The third kappa shape index (κ3) is 5.38. The Kier molecular flexibility index (Phi) is 5.88. The van der Waals surface area contributed by atoms with E-state index in [9.17, 15) is 4.79 Å². The van der Waals surface area contributed by atoms with Gasteiger partial charge in [-0.3, -0.25) is 4.79 Å². The molecule has 132 valence electrons. The van der Waals surface area contributed by atoms with Crippen LogP contribution in [0.3, 0.4) is 0 Å². The van der Waals surface area contributed by atoms with Crippen LogP contribution in [0.5, 0.6) is 11.5 Å². The molecule has 0 radical (unpaired) electrons. The van der Waals surface area contributed by atoms with Gasteiger partial charge in [0.1, 0.15) is 11.5 Å². The topological polar surface area (TPSA) is 50.4 Å². The first kappa shape index (κ1) is 17.5. The maximum absolute atomic E-state index is 12.1. The van der Waals surface area contributed by atoms with Crippen molar-refractivity contribution in [1.82, 2.24) is 0 Å². The number of hydrogen-bond donors (Lipinski definition) is 2. The van der Waals surface area contributed by atoms with E-state index in [2.05, 4.69) is 10.6 Å². The summed E-state index contributed by atoms with van der Waals surface area (Å²) < 4.78 is 5.74. The Labute approximate surface area is 153 Å². The van der Waals surface area contributed by atoms with Gasteiger partial charge in [0.05, 0.1) is 0 Å². The van der Waals surface area contributed by atoms with Crippen LogP contribution in [-0.4, -0.2) is 12.5 Å². The number of anilines is 2. The zero-order valence-electron chi connectivity index (χ0n) is 14.7. The van der Waals surface area contributed by atoms with Crippen molar-refractivity contribution >= 4 is 17.3 Å². The van der Waals surface area contributed by atoms with E-state index in [-0.39, 0.29) is 5.91 Å². The first-order chi connectivity index (χ1) is 12.7. The second-order valence-electron chi connectivity index (χ2n) is 6.03. The first-order valence-corrected chi connectivity index (χ1v) is 8.62. The van der Waals surface area contributed by atoms with Crippen molar-refractivity contribution in [1.29, 1.82) is 0 Å². The number of aryl methyl sites for hydroxylation is 1. The molecule has 0 fully saturated rings. The second kappa shape index (κ2) is 8.72. The number of benzene rings is 3. The lowest BCUT2D eigenvalue weighted by atomic mass is 10.2. The third-order valence-electron chi connectivity index (χ3n) is 3.85. The van der Waals surface area contributed by atoms with Crippen LogP contribution in [0, 0.1) is 6.92 Å². The molecule has 2 N–H and O–H groups in total. The van der Waals surface area contributed by atoms with Crippen molar-refractivity contribution < 1.29 is 9.53 Å². The average molecular weight is 346 g/mol. The maximum Gasteiger partial charge on any atom is 0.226 e. The molecule has 4 nitrogen and oxygen atoms in total. The molecule has 1 amide bonds. The lowest BCUT2D eigenvalue weighted by Crippen LogP contribution is -2.16. The summed E-state index contributed by atoms with van der Waals surface area (Å²) in [4.78, 5) is 12.1. The first-order valence-electron chi connectivity index (χ1n) is 8.62. The van der Waals surface area contributed by atoms with Crippen molar-refractivity contribution in [3.8, 4) is 11.5 Å². The number of carbonyl (C=O) groups excluding carboxylic acids is 1. The van der Waals surface area contributed by atoms with Crippen molar-refractivity contribution in [3.05, 3.63) is 84.4 Å². The molecule has 3 aromatic carbocycles. The molecule has 3 rings (SSSR count). The lowest BCUT2D eigenvalue weighted by Gasteiger charge is -2.09. The molecule has 0 spiro atoms. The van der Waals surface area contributed by atoms with E-state index in [0.717, 1.165) is 22.9 Å². The van der Waals surface area contributed by atoms with Gasteiger partial charge in [0.25, 0.3) is 0 Å². The van der Waals surface area contributed by atoms with Crippen LogP contribution in [-0.2, 0) is 4.79 Å². The van der Waals surface area contributed by atoms with Crippen LogP contribution in [0.2, 0.25) is 0 Å². The van der Waals surface area contributed by atoms with Crippen LogP contribution >= 0.6 is 0 Å². The molecule has 0 saturated heterocycles. The molecule has 3 aromatic rings. The summed E-state index contributed by atoms with van der Waals surface area (Å²) in [7, 11) is 0.